The number of rotatable bonds is 3. The van der Waals surface area contributed by atoms with E-state index in [1.807, 2.05) is 0 Å². The van der Waals surface area contributed by atoms with E-state index in [0.717, 1.165) is 12.8 Å². The largest absolute Gasteiger partial charge is 0.364 e. The van der Waals surface area contributed by atoms with Gasteiger partial charge in [0.25, 0.3) is 11.8 Å². The van der Waals surface area contributed by atoms with Crippen molar-refractivity contribution in [2.24, 2.45) is 5.73 Å². The Morgan fingerprint density at radius 3 is 2.80 bits per heavy atom. The van der Waals surface area contributed by atoms with E-state index in [-0.39, 0.29) is 11.6 Å². The molecule has 1 aliphatic carbocycles. The van der Waals surface area contributed by atoms with E-state index in [2.05, 4.69) is 10.3 Å². The second-order valence-corrected chi connectivity index (χ2v) is 3.54. The number of amides is 2. The Hall–Kier alpha value is -1.91. The molecule has 0 aliphatic heterocycles. The molecule has 0 radical (unpaired) electrons. The third-order valence-electron chi connectivity index (χ3n) is 2.19. The van der Waals surface area contributed by atoms with Gasteiger partial charge < -0.3 is 11.1 Å². The Kier molecular flexibility index (Phi) is 2.37. The van der Waals surface area contributed by atoms with Gasteiger partial charge in [-0.3, -0.25) is 14.6 Å². The summed E-state index contributed by atoms with van der Waals surface area (Å²) >= 11 is 0. The van der Waals surface area contributed by atoms with Gasteiger partial charge in [-0.15, -0.1) is 0 Å². The van der Waals surface area contributed by atoms with E-state index in [1.165, 1.54) is 12.3 Å². The van der Waals surface area contributed by atoms with Gasteiger partial charge in [0.05, 0.1) is 0 Å². The molecule has 0 bridgehead atoms. The summed E-state index contributed by atoms with van der Waals surface area (Å²) in [6, 6.07) is 3.26. The topological polar surface area (TPSA) is 85.1 Å². The SMILES string of the molecule is NC(=O)c1cc(C(=O)NC2CC2)ccn1. The summed E-state index contributed by atoms with van der Waals surface area (Å²) in [6.45, 7) is 0. The predicted molar refractivity (Wildman–Crippen MR) is 53.2 cm³/mol. The number of aromatic nitrogens is 1. The third-order valence-corrected chi connectivity index (χ3v) is 2.19. The molecular formula is C10H11N3O2. The first kappa shape index (κ1) is 9.64. The zero-order valence-electron chi connectivity index (χ0n) is 8.06. The van der Waals surface area contributed by atoms with Crippen molar-refractivity contribution < 1.29 is 9.59 Å². The first-order valence-corrected chi connectivity index (χ1v) is 4.73. The summed E-state index contributed by atoms with van der Waals surface area (Å²) < 4.78 is 0. The number of pyridine rings is 1. The van der Waals surface area contributed by atoms with Crippen LogP contribution in [-0.4, -0.2) is 22.8 Å². The van der Waals surface area contributed by atoms with Crippen molar-refractivity contribution in [3.8, 4) is 0 Å². The average molecular weight is 205 g/mol. The normalized spacial score (nSPS) is 14.7. The molecule has 78 valence electrons. The number of primary amides is 1. The Bertz CT molecular complexity index is 413. The molecule has 5 nitrogen and oxygen atoms in total. The van der Waals surface area contributed by atoms with E-state index >= 15 is 0 Å². The Morgan fingerprint density at radius 1 is 1.47 bits per heavy atom. The maximum absolute atomic E-state index is 11.6. The smallest absolute Gasteiger partial charge is 0.267 e. The van der Waals surface area contributed by atoms with Gasteiger partial charge in [0, 0.05) is 17.8 Å². The molecule has 2 amide bonds. The molecule has 5 heteroatoms. The molecule has 0 aromatic carbocycles. The summed E-state index contributed by atoms with van der Waals surface area (Å²) in [5.74, 6) is -0.807. The Balaban J connectivity index is 2.15. The van der Waals surface area contributed by atoms with Crippen LogP contribution in [-0.2, 0) is 0 Å². The van der Waals surface area contributed by atoms with Gasteiger partial charge in [0.15, 0.2) is 0 Å². The molecule has 1 fully saturated rings. The molecule has 0 unspecified atom stereocenters. The van der Waals surface area contributed by atoms with Crippen LogP contribution in [0.1, 0.15) is 33.7 Å². The van der Waals surface area contributed by atoms with Crippen molar-refractivity contribution >= 4 is 11.8 Å². The van der Waals surface area contributed by atoms with Crippen LogP contribution in [0.5, 0.6) is 0 Å². The zero-order chi connectivity index (χ0) is 10.8. The van der Waals surface area contributed by atoms with Crippen LogP contribution < -0.4 is 11.1 Å². The van der Waals surface area contributed by atoms with Gasteiger partial charge in [0.2, 0.25) is 0 Å². The molecule has 2 rings (SSSR count). The second-order valence-electron chi connectivity index (χ2n) is 3.54. The monoisotopic (exact) mass is 205 g/mol. The molecule has 1 aliphatic rings. The van der Waals surface area contributed by atoms with Gasteiger partial charge in [-0.25, -0.2) is 0 Å². The number of nitrogens with two attached hydrogens (primary N) is 1. The summed E-state index contributed by atoms with van der Waals surface area (Å²) in [7, 11) is 0. The maximum Gasteiger partial charge on any atom is 0.267 e. The number of carbonyl (C=O) groups is 2. The standard InChI is InChI=1S/C10H11N3O2/c11-9(14)8-5-6(3-4-12-8)10(15)13-7-1-2-7/h3-5,7H,1-2H2,(H2,11,14)(H,13,15). The van der Waals surface area contributed by atoms with Gasteiger partial charge in [-0.05, 0) is 25.0 Å². The summed E-state index contributed by atoms with van der Waals surface area (Å²) in [5.41, 5.74) is 5.59. The molecule has 15 heavy (non-hydrogen) atoms. The Labute approximate surface area is 86.7 Å². The maximum atomic E-state index is 11.6. The lowest BCUT2D eigenvalue weighted by molar-refractivity contribution is 0.0951. The molecule has 0 atom stereocenters. The van der Waals surface area contributed by atoms with Gasteiger partial charge in [-0.2, -0.15) is 0 Å². The molecule has 0 spiro atoms. The van der Waals surface area contributed by atoms with Crippen LogP contribution >= 0.6 is 0 Å². The van der Waals surface area contributed by atoms with Crippen LogP contribution in [0.15, 0.2) is 18.3 Å². The summed E-state index contributed by atoms with van der Waals surface area (Å²) in [5, 5.41) is 2.82. The van der Waals surface area contributed by atoms with Crippen molar-refractivity contribution in [2.45, 2.75) is 18.9 Å². The van der Waals surface area contributed by atoms with Gasteiger partial charge in [0.1, 0.15) is 5.69 Å². The van der Waals surface area contributed by atoms with Gasteiger partial charge >= 0.3 is 0 Å². The zero-order valence-corrected chi connectivity index (χ0v) is 8.06. The molecule has 0 saturated heterocycles. The van der Waals surface area contributed by atoms with Crippen LogP contribution in [0.4, 0.5) is 0 Å². The fraction of sp³-hybridized carbons (Fsp3) is 0.300. The minimum Gasteiger partial charge on any atom is -0.364 e. The van der Waals surface area contributed by atoms with Crippen molar-refractivity contribution in [3.05, 3.63) is 29.6 Å². The lowest BCUT2D eigenvalue weighted by Crippen LogP contribution is -2.26. The minimum absolute atomic E-state index is 0.110. The Morgan fingerprint density at radius 2 is 2.20 bits per heavy atom. The van der Waals surface area contributed by atoms with E-state index in [0.29, 0.717) is 11.6 Å². The van der Waals surface area contributed by atoms with E-state index in [9.17, 15) is 9.59 Å². The third kappa shape index (κ3) is 2.31. The fourth-order valence-electron chi connectivity index (χ4n) is 1.20. The first-order chi connectivity index (χ1) is 7.16. The molecular weight excluding hydrogens is 194 g/mol. The first-order valence-electron chi connectivity index (χ1n) is 4.73. The van der Waals surface area contributed by atoms with Crippen LogP contribution in [0.2, 0.25) is 0 Å². The van der Waals surface area contributed by atoms with Crippen molar-refractivity contribution in [3.63, 3.8) is 0 Å². The molecule has 1 heterocycles. The number of nitrogens with zero attached hydrogens (tertiary/aromatic N) is 1. The van der Waals surface area contributed by atoms with Crippen LogP contribution in [0.3, 0.4) is 0 Å². The lowest BCUT2D eigenvalue weighted by Gasteiger charge is -2.03. The lowest BCUT2D eigenvalue weighted by atomic mass is 10.2. The van der Waals surface area contributed by atoms with Gasteiger partial charge in [-0.1, -0.05) is 0 Å². The van der Waals surface area contributed by atoms with E-state index < -0.39 is 5.91 Å². The average Bonchev–Trinajstić information content (AvgIpc) is 3.02. The number of hydrogen-bond acceptors (Lipinski definition) is 3. The van der Waals surface area contributed by atoms with Crippen molar-refractivity contribution in [2.75, 3.05) is 0 Å². The highest BCUT2D eigenvalue weighted by molar-refractivity contribution is 5.98. The number of hydrogen-bond donors (Lipinski definition) is 2. The van der Waals surface area contributed by atoms with Crippen molar-refractivity contribution in [1.29, 1.82) is 0 Å². The molecule has 1 aromatic rings. The number of carbonyl (C=O) groups excluding carboxylic acids is 2. The number of nitrogens with one attached hydrogen (secondary N) is 1. The highest BCUT2D eigenvalue weighted by Crippen LogP contribution is 2.19. The fourth-order valence-corrected chi connectivity index (χ4v) is 1.20. The van der Waals surface area contributed by atoms with Crippen LogP contribution in [0.25, 0.3) is 0 Å². The molecule has 1 saturated carbocycles. The van der Waals surface area contributed by atoms with Crippen LogP contribution in [0, 0.1) is 0 Å². The predicted octanol–water partition coefficient (Wildman–Crippen LogP) is 0.0727. The highest BCUT2D eigenvalue weighted by Gasteiger charge is 2.23. The summed E-state index contributed by atoms with van der Waals surface area (Å²) in [6.07, 6.45) is 3.46. The molecule has 3 N–H and O–H groups in total. The quantitative estimate of drug-likeness (QED) is 0.732. The summed E-state index contributed by atoms with van der Waals surface area (Å²) in [4.78, 5) is 26.2. The minimum atomic E-state index is -0.629. The van der Waals surface area contributed by atoms with E-state index in [1.54, 1.807) is 6.07 Å². The van der Waals surface area contributed by atoms with Crippen molar-refractivity contribution in [1.82, 2.24) is 10.3 Å². The highest BCUT2D eigenvalue weighted by atomic mass is 16.2. The second kappa shape index (κ2) is 3.68. The van der Waals surface area contributed by atoms with E-state index in [4.69, 9.17) is 5.73 Å². The molecule has 1 aromatic heterocycles.